The predicted molar refractivity (Wildman–Crippen MR) is 59.8 cm³/mol. The van der Waals surface area contributed by atoms with Gasteiger partial charge in [-0.05, 0) is 25.0 Å². The molecule has 1 aromatic rings. The van der Waals surface area contributed by atoms with Crippen LogP contribution in [0.25, 0.3) is 0 Å². The van der Waals surface area contributed by atoms with Crippen molar-refractivity contribution in [3.63, 3.8) is 0 Å². The molecule has 0 saturated heterocycles. The largest absolute Gasteiger partial charge is 0.349 e. The minimum absolute atomic E-state index is 0.380. The second kappa shape index (κ2) is 3.77. The second-order valence-corrected chi connectivity index (χ2v) is 4.02. The van der Waals surface area contributed by atoms with Gasteiger partial charge in [0.25, 0.3) is 0 Å². The van der Waals surface area contributed by atoms with Crippen molar-refractivity contribution in [2.24, 2.45) is 0 Å². The van der Waals surface area contributed by atoms with Crippen LogP contribution < -0.4 is 5.32 Å². The molecule has 7 heteroatoms. The van der Waals surface area contributed by atoms with Gasteiger partial charge in [0.05, 0.1) is 9.85 Å². The highest BCUT2D eigenvalue weighted by atomic mass is 16.6. The van der Waals surface area contributed by atoms with E-state index in [1.165, 1.54) is 0 Å². The standard InChI is InChI=1S/C10H11N3O4/c1-5-7-3-11-4-8(7)6(2)10(13(16)17)9(5)12(14)15/h11H,3-4H2,1-2H3. The van der Waals surface area contributed by atoms with Crippen LogP contribution in [0.15, 0.2) is 0 Å². The van der Waals surface area contributed by atoms with Crippen LogP contribution in [-0.4, -0.2) is 9.85 Å². The molecule has 0 saturated carbocycles. The van der Waals surface area contributed by atoms with Crippen LogP contribution in [0.2, 0.25) is 0 Å². The Bertz CT molecular complexity index is 492. The van der Waals surface area contributed by atoms with Crippen LogP contribution in [0.5, 0.6) is 0 Å². The van der Waals surface area contributed by atoms with Gasteiger partial charge in [0.1, 0.15) is 0 Å². The van der Waals surface area contributed by atoms with E-state index in [9.17, 15) is 20.2 Å². The predicted octanol–water partition coefficient (Wildman–Crippen LogP) is 1.72. The van der Waals surface area contributed by atoms with E-state index in [1.54, 1.807) is 13.8 Å². The highest BCUT2D eigenvalue weighted by Crippen LogP contribution is 2.40. The summed E-state index contributed by atoms with van der Waals surface area (Å²) in [5.41, 5.74) is 1.67. The number of hydrogen-bond acceptors (Lipinski definition) is 5. The lowest BCUT2D eigenvalue weighted by atomic mass is 9.96. The van der Waals surface area contributed by atoms with Crippen molar-refractivity contribution in [2.45, 2.75) is 26.9 Å². The second-order valence-electron chi connectivity index (χ2n) is 4.02. The summed E-state index contributed by atoms with van der Waals surface area (Å²) >= 11 is 0. The average Bonchev–Trinajstić information content (AvgIpc) is 2.70. The van der Waals surface area contributed by atoms with Crippen molar-refractivity contribution >= 4 is 11.4 Å². The van der Waals surface area contributed by atoms with Gasteiger partial charge in [-0.15, -0.1) is 0 Å². The molecule has 0 radical (unpaired) electrons. The first-order valence-corrected chi connectivity index (χ1v) is 5.09. The van der Waals surface area contributed by atoms with E-state index in [0.717, 1.165) is 11.1 Å². The van der Waals surface area contributed by atoms with Crippen molar-refractivity contribution in [1.82, 2.24) is 5.32 Å². The molecule has 0 atom stereocenters. The molecule has 1 aliphatic rings. The Morgan fingerprint density at radius 2 is 1.29 bits per heavy atom. The Morgan fingerprint density at radius 1 is 0.941 bits per heavy atom. The Kier molecular flexibility index (Phi) is 2.55. The Hall–Kier alpha value is -2.02. The molecular formula is C10H11N3O4. The van der Waals surface area contributed by atoms with Gasteiger partial charge < -0.3 is 5.32 Å². The van der Waals surface area contributed by atoms with Gasteiger partial charge in [-0.2, -0.15) is 0 Å². The third-order valence-electron chi connectivity index (χ3n) is 3.17. The minimum Gasteiger partial charge on any atom is -0.309 e. The molecule has 0 aromatic heterocycles. The lowest BCUT2D eigenvalue weighted by Gasteiger charge is -2.08. The van der Waals surface area contributed by atoms with E-state index >= 15 is 0 Å². The molecule has 0 unspecified atom stereocenters. The van der Waals surface area contributed by atoms with Crippen LogP contribution in [0.4, 0.5) is 11.4 Å². The van der Waals surface area contributed by atoms with Gasteiger partial charge >= 0.3 is 11.4 Å². The summed E-state index contributed by atoms with van der Waals surface area (Å²) in [5.74, 6) is 0. The van der Waals surface area contributed by atoms with Crippen LogP contribution in [0, 0.1) is 34.1 Å². The number of fused-ring (bicyclic) bond motifs is 1. The first kappa shape index (κ1) is 11.5. The molecule has 17 heavy (non-hydrogen) atoms. The zero-order valence-corrected chi connectivity index (χ0v) is 9.44. The Balaban J connectivity index is 2.87. The molecule has 0 fully saturated rings. The third-order valence-corrected chi connectivity index (χ3v) is 3.17. The molecule has 0 aliphatic carbocycles. The molecule has 0 spiro atoms. The Labute approximate surface area is 96.7 Å². The molecule has 1 N–H and O–H groups in total. The maximum atomic E-state index is 11.0. The summed E-state index contributed by atoms with van der Waals surface area (Å²) < 4.78 is 0. The Morgan fingerprint density at radius 3 is 1.59 bits per heavy atom. The molecule has 1 heterocycles. The maximum Gasteiger partial charge on any atom is 0.349 e. The molecule has 1 aromatic carbocycles. The zero-order valence-electron chi connectivity index (χ0n) is 9.44. The van der Waals surface area contributed by atoms with Crippen molar-refractivity contribution in [2.75, 3.05) is 0 Å². The summed E-state index contributed by atoms with van der Waals surface area (Å²) in [5, 5.41) is 25.0. The summed E-state index contributed by atoms with van der Waals surface area (Å²) in [7, 11) is 0. The van der Waals surface area contributed by atoms with E-state index in [1.807, 2.05) is 0 Å². The van der Waals surface area contributed by atoms with Crippen LogP contribution >= 0.6 is 0 Å². The highest BCUT2D eigenvalue weighted by molar-refractivity contribution is 5.68. The van der Waals surface area contributed by atoms with Gasteiger partial charge in [0, 0.05) is 24.2 Å². The quantitative estimate of drug-likeness (QED) is 0.623. The SMILES string of the molecule is Cc1c2c(c(C)c([N+](=O)[O-])c1[N+](=O)[O-])CNC2. The minimum atomic E-state index is -0.668. The van der Waals surface area contributed by atoms with Gasteiger partial charge in [-0.3, -0.25) is 20.2 Å². The number of nitrogens with zero attached hydrogens (tertiary/aromatic N) is 2. The van der Waals surface area contributed by atoms with E-state index in [2.05, 4.69) is 5.32 Å². The molecule has 0 amide bonds. The van der Waals surface area contributed by atoms with Crippen LogP contribution in [-0.2, 0) is 13.1 Å². The summed E-state index contributed by atoms with van der Waals surface area (Å²) in [4.78, 5) is 20.6. The number of hydrogen-bond donors (Lipinski definition) is 1. The smallest absolute Gasteiger partial charge is 0.309 e. The first-order chi connectivity index (χ1) is 7.95. The number of nitro groups is 2. The highest BCUT2D eigenvalue weighted by Gasteiger charge is 2.35. The number of nitro benzene ring substituents is 2. The van der Waals surface area contributed by atoms with Gasteiger partial charge in [0.2, 0.25) is 0 Å². The van der Waals surface area contributed by atoms with Gasteiger partial charge in [0.15, 0.2) is 0 Å². The van der Waals surface area contributed by atoms with Crippen LogP contribution in [0.3, 0.4) is 0 Å². The molecule has 1 aliphatic heterocycles. The third kappa shape index (κ3) is 1.55. The topological polar surface area (TPSA) is 98.3 Å². The fourth-order valence-corrected chi connectivity index (χ4v) is 2.33. The molecule has 2 rings (SSSR count). The van der Waals surface area contributed by atoms with Crippen molar-refractivity contribution in [3.05, 3.63) is 42.5 Å². The summed E-state index contributed by atoms with van der Waals surface area (Å²) in [6.07, 6.45) is 0. The molecule has 0 bridgehead atoms. The van der Waals surface area contributed by atoms with Crippen molar-refractivity contribution in [1.29, 1.82) is 0 Å². The van der Waals surface area contributed by atoms with E-state index in [4.69, 9.17) is 0 Å². The summed E-state index contributed by atoms with van der Waals surface area (Å²) in [6.45, 7) is 4.19. The normalized spacial score (nSPS) is 13.5. The fourth-order valence-electron chi connectivity index (χ4n) is 2.33. The van der Waals surface area contributed by atoms with Gasteiger partial charge in [-0.25, -0.2) is 0 Å². The number of benzene rings is 1. The van der Waals surface area contributed by atoms with Crippen molar-refractivity contribution < 1.29 is 9.85 Å². The van der Waals surface area contributed by atoms with E-state index < -0.39 is 9.85 Å². The van der Waals surface area contributed by atoms with E-state index in [0.29, 0.717) is 24.2 Å². The lowest BCUT2D eigenvalue weighted by Crippen LogP contribution is -2.05. The summed E-state index contributed by atoms with van der Waals surface area (Å²) in [6, 6.07) is 0. The molecular weight excluding hydrogens is 226 g/mol. The number of nitrogens with one attached hydrogen (secondary N) is 1. The monoisotopic (exact) mass is 237 g/mol. The first-order valence-electron chi connectivity index (χ1n) is 5.09. The molecule has 90 valence electrons. The van der Waals surface area contributed by atoms with Crippen molar-refractivity contribution in [3.8, 4) is 0 Å². The van der Waals surface area contributed by atoms with E-state index in [-0.39, 0.29) is 11.4 Å². The van der Waals surface area contributed by atoms with Gasteiger partial charge in [-0.1, -0.05) is 0 Å². The van der Waals surface area contributed by atoms with Crippen LogP contribution in [0.1, 0.15) is 22.3 Å². The molecule has 7 nitrogen and oxygen atoms in total. The maximum absolute atomic E-state index is 11.0. The zero-order chi connectivity index (χ0) is 12.7. The lowest BCUT2D eigenvalue weighted by molar-refractivity contribution is -0.423. The number of rotatable bonds is 2. The fraction of sp³-hybridized carbons (Fsp3) is 0.400. The average molecular weight is 237 g/mol.